The van der Waals surface area contributed by atoms with E-state index in [2.05, 4.69) is 21.2 Å². The number of aromatic hydroxyl groups is 1. The van der Waals surface area contributed by atoms with Crippen molar-refractivity contribution in [3.63, 3.8) is 0 Å². The Labute approximate surface area is 129 Å². The lowest BCUT2D eigenvalue weighted by molar-refractivity contribution is 0.207. The molecule has 3 aliphatic rings. The smallest absolute Gasteiger partial charge is 0.120 e. The van der Waals surface area contributed by atoms with E-state index in [0.29, 0.717) is 11.8 Å². The highest BCUT2D eigenvalue weighted by molar-refractivity contribution is 9.10. The predicted octanol–water partition coefficient (Wildman–Crippen LogP) is 4.07. The van der Waals surface area contributed by atoms with Crippen LogP contribution in [0.2, 0.25) is 0 Å². The van der Waals surface area contributed by atoms with Crippen LogP contribution in [0.3, 0.4) is 0 Å². The van der Waals surface area contributed by atoms with E-state index in [4.69, 9.17) is 0 Å². The summed E-state index contributed by atoms with van der Waals surface area (Å²) in [6.07, 6.45) is 7.23. The zero-order chi connectivity index (χ0) is 13.7. The molecule has 0 radical (unpaired) electrons. The van der Waals surface area contributed by atoms with Crippen LogP contribution in [-0.2, 0) is 6.54 Å². The average Bonchev–Trinajstić information content (AvgIpc) is 3.10. The number of rotatable bonds is 3. The molecule has 0 amide bonds. The molecule has 3 heteroatoms. The molecular weight excluding hydrogens is 314 g/mol. The highest BCUT2D eigenvalue weighted by Gasteiger charge is 2.53. The highest BCUT2D eigenvalue weighted by Crippen LogP contribution is 2.58. The maximum Gasteiger partial charge on any atom is 0.120 e. The van der Waals surface area contributed by atoms with Crippen LogP contribution < -0.4 is 5.32 Å². The Morgan fingerprint density at radius 1 is 1.15 bits per heavy atom. The van der Waals surface area contributed by atoms with Gasteiger partial charge >= 0.3 is 0 Å². The van der Waals surface area contributed by atoms with Gasteiger partial charge < -0.3 is 10.4 Å². The van der Waals surface area contributed by atoms with Crippen molar-refractivity contribution in [2.75, 3.05) is 0 Å². The molecular formula is C17H22BrNO. The molecule has 3 aliphatic carbocycles. The molecule has 5 atom stereocenters. The second-order valence-corrected chi connectivity index (χ2v) is 7.83. The Morgan fingerprint density at radius 2 is 2.00 bits per heavy atom. The average molecular weight is 336 g/mol. The molecule has 2 nitrogen and oxygen atoms in total. The summed E-state index contributed by atoms with van der Waals surface area (Å²) < 4.78 is 1.04. The molecule has 108 valence electrons. The zero-order valence-corrected chi connectivity index (χ0v) is 13.3. The maximum absolute atomic E-state index is 9.93. The number of phenols is 1. The van der Waals surface area contributed by atoms with Gasteiger partial charge in [0.05, 0.1) is 0 Å². The summed E-state index contributed by atoms with van der Waals surface area (Å²) in [5.41, 5.74) is 1.00. The standard InChI is InChI=1S/C17H22BrNO/c18-12-4-5-17(20)11(6-12)9-19-16-8-10-7-15(16)14-3-1-2-13(10)14/h4-6,10,13-16,19-20H,1-3,7-9H2. The van der Waals surface area contributed by atoms with Gasteiger partial charge in [-0.3, -0.25) is 0 Å². The third-order valence-corrected chi connectivity index (χ3v) is 6.52. The topological polar surface area (TPSA) is 32.3 Å². The molecule has 3 saturated carbocycles. The maximum atomic E-state index is 9.93. The summed E-state index contributed by atoms with van der Waals surface area (Å²) in [4.78, 5) is 0. The lowest BCUT2D eigenvalue weighted by atomic mass is 9.79. The first-order valence-corrected chi connectivity index (χ1v) is 8.72. The van der Waals surface area contributed by atoms with Crippen LogP contribution in [0.4, 0.5) is 0 Å². The van der Waals surface area contributed by atoms with Crippen molar-refractivity contribution < 1.29 is 5.11 Å². The second-order valence-electron chi connectivity index (χ2n) is 6.91. The fourth-order valence-corrected chi connectivity index (χ4v) is 5.65. The Bertz CT molecular complexity index is 518. The number of halogens is 1. The normalized spacial score (nSPS) is 38.4. The molecule has 4 rings (SSSR count). The van der Waals surface area contributed by atoms with Gasteiger partial charge in [-0.25, -0.2) is 0 Å². The van der Waals surface area contributed by atoms with Crippen molar-refractivity contribution in [3.05, 3.63) is 28.2 Å². The van der Waals surface area contributed by atoms with Crippen molar-refractivity contribution in [3.8, 4) is 5.75 Å². The van der Waals surface area contributed by atoms with Gasteiger partial charge in [0.2, 0.25) is 0 Å². The fraction of sp³-hybridized carbons (Fsp3) is 0.647. The van der Waals surface area contributed by atoms with Gasteiger partial charge in [0.1, 0.15) is 5.75 Å². The minimum absolute atomic E-state index is 0.405. The van der Waals surface area contributed by atoms with E-state index in [1.807, 2.05) is 12.1 Å². The molecule has 1 aromatic rings. The Balaban J connectivity index is 1.42. The Morgan fingerprint density at radius 3 is 2.90 bits per heavy atom. The second kappa shape index (κ2) is 5.03. The van der Waals surface area contributed by atoms with Crippen LogP contribution in [0, 0.1) is 23.7 Å². The van der Waals surface area contributed by atoms with E-state index < -0.39 is 0 Å². The fourth-order valence-electron chi connectivity index (χ4n) is 5.24. The molecule has 0 aliphatic heterocycles. The summed E-state index contributed by atoms with van der Waals surface area (Å²) in [5, 5.41) is 13.7. The van der Waals surface area contributed by atoms with Crippen LogP contribution in [0.25, 0.3) is 0 Å². The summed E-state index contributed by atoms with van der Waals surface area (Å²) in [6, 6.07) is 6.36. The van der Waals surface area contributed by atoms with E-state index in [0.717, 1.165) is 40.3 Å². The van der Waals surface area contributed by atoms with Crippen molar-refractivity contribution in [2.24, 2.45) is 23.7 Å². The van der Waals surface area contributed by atoms with Crippen molar-refractivity contribution in [1.82, 2.24) is 5.32 Å². The van der Waals surface area contributed by atoms with E-state index in [1.54, 1.807) is 6.07 Å². The third-order valence-electron chi connectivity index (χ3n) is 6.02. The van der Waals surface area contributed by atoms with Gasteiger partial charge in [-0.2, -0.15) is 0 Å². The van der Waals surface area contributed by atoms with Crippen LogP contribution >= 0.6 is 15.9 Å². The number of nitrogens with one attached hydrogen (secondary N) is 1. The lowest BCUT2D eigenvalue weighted by Gasteiger charge is -2.32. The van der Waals surface area contributed by atoms with Crippen LogP contribution in [-0.4, -0.2) is 11.1 Å². The molecule has 1 aromatic carbocycles. The SMILES string of the molecule is Oc1ccc(Br)cc1CNC1CC2CC1C1CCCC21. The largest absolute Gasteiger partial charge is 0.508 e. The number of hydrogen-bond acceptors (Lipinski definition) is 2. The van der Waals surface area contributed by atoms with E-state index in [1.165, 1.54) is 32.1 Å². The minimum atomic E-state index is 0.405. The molecule has 20 heavy (non-hydrogen) atoms. The van der Waals surface area contributed by atoms with E-state index in [9.17, 15) is 5.11 Å². The first-order chi connectivity index (χ1) is 9.72. The third kappa shape index (κ3) is 2.10. The monoisotopic (exact) mass is 335 g/mol. The summed E-state index contributed by atoms with van der Waals surface area (Å²) >= 11 is 3.48. The first-order valence-electron chi connectivity index (χ1n) is 7.93. The first kappa shape index (κ1) is 13.1. The van der Waals surface area contributed by atoms with Crippen LogP contribution in [0.15, 0.2) is 22.7 Å². The van der Waals surface area contributed by atoms with Gasteiger partial charge in [0.25, 0.3) is 0 Å². The minimum Gasteiger partial charge on any atom is -0.508 e. The Kier molecular flexibility index (Phi) is 3.30. The van der Waals surface area contributed by atoms with Gasteiger partial charge in [-0.15, -0.1) is 0 Å². The summed E-state index contributed by atoms with van der Waals surface area (Å²) in [5.74, 6) is 4.35. The van der Waals surface area contributed by atoms with Crippen molar-refractivity contribution in [2.45, 2.75) is 44.7 Å². The van der Waals surface area contributed by atoms with Crippen molar-refractivity contribution >= 4 is 15.9 Å². The predicted molar refractivity (Wildman–Crippen MR) is 83.5 cm³/mol. The molecule has 0 spiro atoms. The summed E-state index contributed by atoms with van der Waals surface area (Å²) in [6.45, 7) is 0.788. The number of fused-ring (bicyclic) bond motifs is 5. The quantitative estimate of drug-likeness (QED) is 0.872. The van der Waals surface area contributed by atoms with Gasteiger partial charge in [-0.05, 0) is 67.6 Å². The van der Waals surface area contributed by atoms with Crippen molar-refractivity contribution in [1.29, 1.82) is 0 Å². The number of hydrogen-bond donors (Lipinski definition) is 2. The number of phenolic OH excluding ortho intramolecular Hbond substituents is 1. The lowest BCUT2D eigenvalue weighted by Crippen LogP contribution is -2.38. The molecule has 0 heterocycles. The van der Waals surface area contributed by atoms with Gasteiger partial charge in [-0.1, -0.05) is 22.4 Å². The van der Waals surface area contributed by atoms with Gasteiger partial charge in [0, 0.05) is 22.6 Å². The molecule has 0 saturated heterocycles. The highest BCUT2D eigenvalue weighted by atomic mass is 79.9. The summed E-state index contributed by atoms with van der Waals surface area (Å²) in [7, 11) is 0. The Hall–Kier alpha value is -0.540. The molecule has 2 bridgehead atoms. The molecule has 5 unspecified atom stereocenters. The van der Waals surface area contributed by atoms with Gasteiger partial charge in [0.15, 0.2) is 0 Å². The van der Waals surface area contributed by atoms with E-state index >= 15 is 0 Å². The number of benzene rings is 1. The van der Waals surface area contributed by atoms with E-state index in [-0.39, 0.29) is 0 Å². The zero-order valence-electron chi connectivity index (χ0n) is 11.7. The molecule has 3 fully saturated rings. The molecule has 0 aromatic heterocycles. The van der Waals surface area contributed by atoms with Crippen LogP contribution in [0.1, 0.15) is 37.7 Å². The van der Waals surface area contributed by atoms with Crippen LogP contribution in [0.5, 0.6) is 5.75 Å². The molecule has 2 N–H and O–H groups in total.